The number of ketones is 1. The van der Waals surface area contributed by atoms with Gasteiger partial charge in [-0.25, -0.2) is 4.98 Å². The number of nitrogens with zero attached hydrogens (tertiary/aromatic N) is 2. The number of hydrogen-bond donors (Lipinski definition) is 0. The average Bonchev–Trinajstić information content (AvgIpc) is 3.20. The molecule has 0 N–H and O–H groups in total. The fourth-order valence-electron chi connectivity index (χ4n) is 2.46. The highest BCUT2D eigenvalue weighted by Gasteiger charge is 2.14. The Bertz CT molecular complexity index is 1050. The summed E-state index contributed by atoms with van der Waals surface area (Å²) < 4.78 is 10.4. The summed E-state index contributed by atoms with van der Waals surface area (Å²) in [6.45, 7) is 0. The molecule has 0 aliphatic rings. The molecule has 0 aliphatic heterocycles. The lowest BCUT2D eigenvalue weighted by molar-refractivity contribution is 0.103. The highest BCUT2D eigenvalue weighted by molar-refractivity contribution is 7.13. The normalized spacial score (nSPS) is 10.9. The van der Waals surface area contributed by atoms with Gasteiger partial charge in [0.15, 0.2) is 0 Å². The zero-order chi connectivity index (χ0) is 19.2. The number of nitriles is 1. The highest BCUT2D eigenvalue weighted by atomic mass is 32.1. The molecule has 0 fully saturated rings. The molecule has 0 unspecified atom stereocenters. The Balaban J connectivity index is 1.89. The summed E-state index contributed by atoms with van der Waals surface area (Å²) in [5.74, 6) is 0.935. The summed E-state index contributed by atoms with van der Waals surface area (Å²) in [5.41, 5.74) is 1.89. The van der Waals surface area contributed by atoms with Crippen molar-refractivity contribution in [2.24, 2.45) is 0 Å². The lowest BCUT2D eigenvalue weighted by Gasteiger charge is -2.03. The number of thiazole rings is 1. The van der Waals surface area contributed by atoms with E-state index in [4.69, 9.17) is 9.47 Å². The van der Waals surface area contributed by atoms with Crippen LogP contribution in [0.5, 0.6) is 11.5 Å². The van der Waals surface area contributed by atoms with Gasteiger partial charge in [0.25, 0.3) is 0 Å². The number of benzene rings is 2. The summed E-state index contributed by atoms with van der Waals surface area (Å²) in [6.07, 6.45) is 1.50. The van der Waals surface area contributed by atoms with Crippen LogP contribution in [0.1, 0.15) is 16.1 Å². The van der Waals surface area contributed by atoms with Crippen molar-refractivity contribution in [3.05, 3.63) is 70.7 Å². The van der Waals surface area contributed by atoms with Crippen molar-refractivity contribution in [1.82, 2.24) is 4.98 Å². The molecule has 6 heteroatoms. The van der Waals surface area contributed by atoms with E-state index in [9.17, 15) is 10.1 Å². The van der Waals surface area contributed by atoms with Crippen molar-refractivity contribution in [3.63, 3.8) is 0 Å². The van der Waals surface area contributed by atoms with E-state index < -0.39 is 0 Å². The van der Waals surface area contributed by atoms with Gasteiger partial charge in [0, 0.05) is 16.5 Å². The van der Waals surface area contributed by atoms with Crippen LogP contribution < -0.4 is 9.47 Å². The maximum absolute atomic E-state index is 12.6. The van der Waals surface area contributed by atoms with Crippen LogP contribution in [0.4, 0.5) is 0 Å². The first kappa shape index (κ1) is 18.4. The third-order valence-electron chi connectivity index (χ3n) is 3.83. The standard InChI is InChI=1S/C21H16N2O3S/c1-25-18-7-3-5-14(10-18)20(24)16(12-22)9-17-13-27-21(23-17)15-6-4-8-19(11-15)26-2/h3-11,13H,1-2H3/b16-9+. The van der Waals surface area contributed by atoms with Crippen molar-refractivity contribution in [2.45, 2.75) is 0 Å². The molecule has 0 bridgehead atoms. The fourth-order valence-corrected chi connectivity index (χ4v) is 3.23. The van der Waals surface area contributed by atoms with Gasteiger partial charge < -0.3 is 9.47 Å². The molecule has 2 aromatic carbocycles. The monoisotopic (exact) mass is 376 g/mol. The van der Waals surface area contributed by atoms with Gasteiger partial charge in [0.1, 0.15) is 28.1 Å². The van der Waals surface area contributed by atoms with Gasteiger partial charge in [0.2, 0.25) is 5.78 Å². The van der Waals surface area contributed by atoms with Crippen LogP contribution in [0.25, 0.3) is 16.6 Å². The lowest BCUT2D eigenvalue weighted by atomic mass is 10.0. The van der Waals surface area contributed by atoms with E-state index in [1.807, 2.05) is 35.7 Å². The van der Waals surface area contributed by atoms with Crippen molar-refractivity contribution in [1.29, 1.82) is 5.26 Å². The maximum atomic E-state index is 12.6. The molecule has 134 valence electrons. The smallest absolute Gasteiger partial charge is 0.203 e. The minimum absolute atomic E-state index is 0.0192. The Hall–Kier alpha value is -3.43. The molecule has 3 aromatic rings. The number of hydrogen-bond acceptors (Lipinski definition) is 6. The van der Waals surface area contributed by atoms with E-state index in [0.717, 1.165) is 16.3 Å². The van der Waals surface area contributed by atoms with Crippen molar-refractivity contribution >= 4 is 23.2 Å². The molecule has 0 atom stereocenters. The van der Waals surface area contributed by atoms with E-state index in [0.29, 0.717) is 17.0 Å². The first-order valence-electron chi connectivity index (χ1n) is 8.05. The summed E-state index contributed by atoms with van der Waals surface area (Å²) >= 11 is 1.44. The van der Waals surface area contributed by atoms with Gasteiger partial charge >= 0.3 is 0 Å². The molecule has 0 saturated heterocycles. The summed E-state index contributed by atoms with van der Waals surface area (Å²) in [4.78, 5) is 17.1. The minimum atomic E-state index is -0.368. The summed E-state index contributed by atoms with van der Waals surface area (Å²) in [5, 5.41) is 12.0. The van der Waals surface area contributed by atoms with Crippen LogP contribution >= 0.6 is 11.3 Å². The first-order chi connectivity index (χ1) is 13.1. The summed E-state index contributed by atoms with van der Waals surface area (Å²) in [7, 11) is 3.14. The number of carbonyl (C=O) groups is 1. The Morgan fingerprint density at radius 3 is 2.52 bits per heavy atom. The molecule has 1 aromatic heterocycles. The molecule has 0 saturated carbocycles. The topological polar surface area (TPSA) is 72.2 Å². The number of rotatable bonds is 6. The SMILES string of the molecule is COc1cccc(C(=O)/C(C#N)=C/c2csc(-c3cccc(OC)c3)n2)c1. The van der Waals surface area contributed by atoms with E-state index >= 15 is 0 Å². The molecule has 5 nitrogen and oxygen atoms in total. The quantitative estimate of drug-likeness (QED) is 0.357. The molecule has 0 amide bonds. The minimum Gasteiger partial charge on any atom is -0.497 e. The molecule has 27 heavy (non-hydrogen) atoms. The van der Waals surface area contributed by atoms with Gasteiger partial charge in [0.05, 0.1) is 19.9 Å². The third-order valence-corrected chi connectivity index (χ3v) is 4.74. The number of methoxy groups -OCH3 is 2. The molecule has 0 aliphatic carbocycles. The van der Waals surface area contributed by atoms with Crippen LogP contribution in [0.2, 0.25) is 0 Å². The van der Waals surface area contributed by atoms with Gasteiger partial charge in [-0.2, -0.15) is 5.26 Å². The zero-order valence-electron chi connectivity index (χ0n) is 14.8. The van der Waals surface area contributed by atoms with E-state index in [1.165, 1.54) is 24.5 Å². The molecular weight excluding hydrogens is 360 g/mol. The van der Waals surface area contributed by atoms with E-state index in [2.05, 4.69) is 4.98 Å². The van der Waals surface area contributed by atoms with Crippen molar-refractivity contribution < 1.29 is 14.3 Å². The summed E-state index contributed by atoms with van der Waals surface area (Å²) in [6, 6.07) is 16.3. The van der Waals surface area contributed by atoms with Crippen LogP contribution in [0, 0.1) is 11.3 Å². The molecule has 0 radical (unpaired) electrons. The second kappa shape index (κ2) is 8.30. The predicted octanol–water partition coefficient (Wildman–Crippen LogP) is 4.62. The van der Waals surface area contributed by atoms with Gasteiger partial charge in [-0.15, -0.1) is 11.3 Å². The molecule has 1 heterocycles. The van der Waals surface area contributed by atoms with Crippen molar-refractivity contribution in [3.8, 4) is 28.1 Å². The van der Waals surface area contributed by atoms with Crippen LogP contribution in [-0.4, -0.2) is 25.0 Å². The largest absolute Gasteiger partial charge is 0.497 e. The van der Waals surface area contributed by atoms with Crippen LogP contribution in [0.15, 0.2) is 59.5 Å². The van der Waals surface area contributed by atoms with Crippen LogP contribution in [-0.2, 0) is 0 Å². The average molecular weight is 376 g/mol. The zero-order valence-corrected chi connectivity index (χ0v) is 15.6. The number of ether oxygens (including phenoxy) is 2. The number of aromatic nitrogens is 1. The van der Waals surface area contributed by atoms with E-state index in [1.54, 1.807) is 31.4 Å². The van der Waals surface area contributed by atoms with Crippen molar-refractivity contribution in [2.75, 3.05) is 14.2 Å². The maximum Gasteiger partial charge on any atom is 0.203 e. The second-order valence-electron chi connectivity index (χ2n) is 5.54. The molecule has 0 spiro atoms. The number of allylic oxidation sites excluding steroid dienone is 1. The first-order valence-corrected chi connectivity index (χ1v) is 8.93. The Kier molecular flexibility index (Phi) is 5.64. The predicted molar refractivity (Wildman–Crippen MR) is 105 cm³/mol. The third kappa shape index (κ3) is 4.22. The van der Waals surface area contributed by atoms with Gasteiger partial charge in [-0.1, -0.05) is 24.3 Å². The Morgan fingerprint density at radius 2 is 1.81 bits per heavy atom. The van der Waals surface area contributed by atoms with Gasteiger partial charge in [-0.3, -0.25) is 4.79 Å². The molecular formula is C21H16N2O3S. The van der Waals surface area contributed by atoms with Gasteiger partial charge in [-0.05, 0) is 30.3 Å². The highest BCUT2D eigenvalue weighted by Crippen LogP contribution is 2.28. The van der Waals surface area contributed by atoms with E-state index in [-0.39, 0.29) is 11.4 Å². The Morgan fingerprint density at radius 1 is 1.11 bits per heavy atom. The number of Topliss-reactive ketones (excluding diaryl/α,β-unsaturated/α-hetero) is 1. The Labute approximate surface area is 161 Å². The van der Waals surface area contributed by atoms with Crippen LogP contribution in [0.3, 0.4) is 0 Å². The lowest BCUT2D eigenvalue weighted by Crippen LogP contribution is -2.02. The fraction of sp³-hybridized carbons (Fsp3) is 0.0952. The second-order valence-corrected chi connectivity index (χ2v) is 6.40. The number of carbonyl (C=O) groups excluding carboxylic acids is 1. The molecule has 3 rings (SSSR count).